The van der Waals surface area contributed by atoms with Gasteiger partial charge >= 0.3 is 0 Å². The SMILES string of the molecule is C=S1(=O)CC2CCCCC2CS1. The highest BCUT2D eigenvalue weighted by molar-refractivity contribution is 8.75. The molecule has 1 saturated heterocycles. The van der Waals surface area contributed by atoms with Crippen molar-refractivity contribution >= 4 is 25.2 Å². The molecule has 0 amide bonds. The lowest BCUT2D eigenvalue weighted by Crippen LogP contribution is -2.31. The topological polar surface area (TPSA) is 17.1 Å². The van der Waals surface area contributed by atoms with Crippen LogP contribution in [0.25, 0.3) is 0 Å². The molecule has 0 spiro atoms. The molecule has 2 aliphatic rings. The fourth-order valence-corrected chi connectivity index (χ4v) is 6.44. The second-order valence-electron chi connectivity index (χ2n) is 4.00. The molecule has 0 aromatic heterocycles. The van der Waals surface area contributed by atoms with E-state index in [0.717, 1.165) is 23.3 Å². The van der Waals surface area contributed by atoms with Gasteiger partial charge in [0.05, 0.1) is 0 Å². The highest BCUT2D eigenvalue weighted by Gasteiger charge is 2.32. The van der Waals surface area contributed by atoms with E-state index in [2.05, 4.69) is 5.87 Å². The molecule has 1 heterocycles. The van der Waals surface area contributed by atoms with Crippen LogP contribution >= 0.6 is 10.8 Å². The van der Waals surface area contributed by atoms with E-state index in [1.807, 2.05) is 0 Å². The van der Waals surface area contributed by atoms with Crippen molar-refractivity contribution in [3.8, 4) is 0 Å². The molecule has 3 unspecified atom stereocenters. The maximum absolute atomic E-state index is 11.7. The van der Waals surface area contributed by atoms with Crippen LogP contribution in [0.15, 0.2) is 0 Å². The van der Waals surface area contributed by atoms with E-state index in [1.54, 1.807) is 10.8 Å². The maximum Gasteiger partial charge on any atom is 0.0283 e. The molecule has 0 aromatic carbocycles. The van der Waals surface area contributed by atoms with Crippen molar-refractivity contribution in [2.24, 2.45) is 11.8 Å². The minimum absolute atomic E-state index is 0.741. The summed E-state index contributed by atoms with van der Waals surface area (Å²) in [6.45, 7) is 0. The molecule has 2 rings (SSSR count). The first-order valence-corrected chi connectivity index (χ1v) is 8.06. The fourth-order valence-electron chi connectivity index (χ4n) is 2.31. The van der Waals surface area contributed by atoms with E-state index in [-0.39, 0.29) is 0 Å². The molecule has 0 radical (unpaired) electrons. The van der Waals surface area contributed by atoms with Gasteiger partial charge in [0.1, 0.15) is 0 Å². The van der Waals surface area contributed by atoms with Gasteiger partial charge in [0.25, 0.3) is 0 Å². The molecular weight excluding hydrogens is 188 g/mol. The van der Waals surface area contributed by atoms with Gasteiger partial charge in [0, 0.05) is 20.1 Å². The second kappa shape index (κ2) is 3.26. The van der Waals surface area contributed by atoms with E-state index in [1.165, 1.54) is 25.7 Å². The van der Waals surface area contributed by atoms with Crippen molar-refractivity contribution in [1.29, 1.82) is 0 Å². The Bertz CT molecular complexity index is 256. The van der Waals surface area contributed by atoms with Crippen molar-refractivity contribution < 1.29 is 4.21 Å². The van der Waals surface area contributed by atoms with Gasteiger partial charge in [-0.1, -0.05) is 23.6 Å². The largest absolute Gasteiger partial charge is 0.257 e. The summed E-state index contributed by atoms with van der Waals surface area (Å²) in [5.74, 6) is 7.41. The molecule has 3 atom stereocenters. The van der Waals surface area contributed by atoms with Crippen LogP contribution in [0, 0.1) is 11.8 Å². The summed E-state index contributed by atoms with van der Waals surface area (Å²) in [7, 11) is -0.114. The zero-order chi connectivity index (χ0) is 8.60. The normalized spacial score (nSPS) is 48.3. The Hall–Kier alpha value is 0.370. The number of hydrogen-bond donors (Lipinski definition) is 0. The summed E-state index contributed by atoms with van der Waals surface area (Å²) in [6, 6.07) is 0. The smallest absolute Gasteiger partial charge is 0.0283 e. The highest BCUT2D eigenvalue weighted by Crippen LogP contribution is 2.39. The molecule has 70 valence electrons. The van der Waals surface area contributed by atoms with E-state index < -0.39 is 8.55 Å². The van der Waals surface area contributed by atoms with Gasteiger partial charge in [-0.05, 0) is 30.5 Å². The average Bonchev–Trinajstić information content (AvgIpc) is 2.02. The predicted octanol–water partition coefficient (Wildman–Crippen LogP) is 2.17. The van der Waals surface area contributed by atoms with Gasteiger partial charge in [-0.3, -0.25) is 4.21 Å². The average molecular weight is 204 g/mol. The van der Waals surface area contributed by atoms with Crippen LogP contribution in [0.1, 0.15) is 25.7 Å². The Morgan fingerprint density at radius 3 is 2.67 bits per heavy atom. The summed E-state index contributed by atoms with van der Waals surface area (Å²) in [6.07, 6.45) is 5.41. The molecule has 12 heavy (non-hydrogen) atoms. The Labute approximate surface area is 78.7 Å². The van der Waals surface area contributed by atoms with Gasteiger partial charge in [-0.15, -0.1) is 0 Å². The summed E-state index contributed by atoms with van der Waals surface area (Å²) in [4.78, 5) is 0. The number of fused-ring (bicyclic) bond motifs is 1. The molecule has 1 aliphatic heterocycles. The van der Waals surface area contributed by atoms with Crippen molar-refractivity contribution in [1.82, 2.24) is 0 Å². The lowest BCUT2D eigenvalue weighted by atomic mass is 9.81. The van der Waals surface area contributed by atoms with E-state index >= 15 is 0 Å². The van der Waals surface area contributed by atoms with Crippen molar-refractivity contribution in [3.05, 3.63) is 0 Å². The molecule has 1 saturated carbocycles. The first-order chi connectivity index (χ1) is 5.67. The molecular formula is C9H16OS2. The van der Waals surface area contributed by atoms with Gasteiger partial charge in [0.2, 0.25) is 0 Å². The van der Waals surface area contributed by atoms with Crippen molar-refractivity contribution in [2.75, 3.05) is 11.5 Å². The molecule has 0 N–H and O–H groups in total. The van der Waals surface area contributed by atoms with Crippen LogP contribution in [0.5, 0.6) is 0 Å². The highest BCUT2D eigenvalue weighted by atomic mass is 33.1. The second-order valence-corrected chi connectivity index (χ2v) is 8.92. The fraction of sp³-hybridized carbons (Fsp3) is 0.889. The van der Waals surface area contributed by atoms with Crippen LogP contribution in [-0.2, 0) is 8.55 Å². The summed E-state index contributed by atoms with van der Waals surface area (Å²) < 4.78 is 11.7. The number of hydrogen-bond acceptors (Lipinski definition) is 2. The minimum atomic E-state index is -1.74. The maximum atomic E-state index is 11.7. The lowest BCUT2D eigenvalue weighted by molar-refractivity contribution is 0.284. The third-order valence-corrected chi connectivity index (χ3v) is 7.07. The van der Waals surface area contributed by atoms with E-state index in [4.69, 9.17) is 0 Å². The zero-order valence-corrected chi connectivity index (χ0v) is 8.96. The summed E-state index contributed by atoms with van der Waals surface area (Å²) in [5.41, 5.74) is 0. The summed E-state index contributed by atoms with van der Waals surface area (Å²) in [5, 5.41) is 0. The standard InChI is InChI=1S/C9H16OS2/c1-12(10)7-9-5-3-2-4-8(9)6-11-12/h8-9H,1-7H2. The van der Waals surface area contributed by atoms with Crippen LogP contribution < -0.4 is 0 Å². The first kappa shape index (κ1) is 8.95. The van der Waals surface area contributed by atoms with E-state index in [9.17, 15) is 4.21 Å². The third kappa shape index (κ3) is 1.82. The Morgan fingerprint density at radius 1 is 1.25 bits per heavy atom. The van der Waals surface area contributed by atoms with Crippen LogP contribution in [-0.4, -0.2) is 21.6 Å². The van der Waals surface area contributed by atoms with E-state index in [0.29, 0.717) is 0 Å². The molecule has 0 aromatic rings. The van der Waals surface area contributed by atoms with Crippen LogP contribution in [0.3, 0.4) is 0 Å². The first-order valence-electron chi connectivity index (χ1n) is 4.67. The predicted molar refractivity (Wildman–Crippen MR) is 58.0 cm³/mol. The molecule has 3 heteroatoms. The summed E-state index contributed by atoms with van der Waals surface area (Å²) >= 11 is 0. The van der Waals surface area contributed by atoms with Gasteiger partial charge in [-0.25, -0.2) is 0 Å². The van der Waals surface area contributed by atoms with Gasteiger partial charge in [-0.2, -0.15) is 0 Å². The third-order valence-electron chi connectivity index (χ3n) is 3.03. The monoisotopic (exact) mass is 204 g/mol. The zero-order valence-electron chi connectivity index (χ0n) is 7.33. The molecule has 1 aliphatic carbocycles. The van der Waals surface area contributed by atoms with Gasteiger partial charge in [0.15, 0.2) is 0 Å². The molecule has 1 nitrogen and oxygen atoms in total. The molecule has 0 bridgehead atoms. The number of rotatable bonds is 0. The van der Waals surface area contributed by atoms with Crippen LogP contribution in [0.4, 0.5) is 0 Å². The Morgan fingerprint density at radius 2 is 1.92 bits per heavy atom. The quantitative estimate of drug-likeness (QED) is 0.444. The molecule has 2 fully saturated rings. The minimum Gasteiger partial charge on any atom is -0.257 e. The Balaban J connectivity index is 2.08. The Kier molecular flexibility index (Phi) is 2.43. The lowest BCUT2D eigenvalue weighted by Gasteiger charge is -2.36. The van der Waals surface area contributed by atoms with Crippen molar-refractivity contribution in [3.63, 3.8) is 0 Å². The van der Waals surface area contributed by atoms with Gasteiger partial charge < -0.3 is 0 Å². The van der Waals surface area contributed by atoms with Crippen molar-refractivity contribution in [2.45, 2.75) is 25.7 Å². The van der Waals surface area contributed by atoms with Crippen LogP contribution in [0.2, 0.25) is 0 Å².